The molecule has 0 aliphatic carbocycles. The lowest BCUT2D eigenvalue weighted by molar-refractivity contribution is -0.144. The summed E-state index contributed by atoms with van der Waals surface area (Å²) in [7, 11) is 0. The van der Waals surface area contributed by atoms with Gasteiger partial charge in [0, 0.05) is 6.42 Å². The van der Waals surface area contributed by atoms with Crippen molar-refractivity contribution in [2.45, 2.75) is 38.4 Å². The fourth-order valence-corrected chi connectivity index (χ4v) is 1.34. The molecule has 0 rings (SSSR count). The van der Waals surface area contributed by atoms with E-state index in [1.807, 2.05) is 19.9 Å². The number of alkyl halides is 1. The zero-order valence-corrected chi connectivity index (χ0v) is 11.0. The lowest BCUT2D eigenvalue weighted by atomic mass is 10.1. The van der Waals surface area contributed by atoms with Crippen LogP contribution in [0, 0.1) is 0 Å². The summed E-state index contributed by atoms with van der Waals surface area (Å²) in [5.41, 5.74) is 1.17. The lowest BCUT2D eigenvalue weighted by Crippen LogP contribution is -2.26. The summed E-state index contributed by atoms with van der Waals surface area (Å²) in [5.74, 6) is -0.634. The number of rotatable bonds is 6. The molecule has 0 spiro atoms. The number of Topliss-reactive ketones (excluding diaryl/α,β-unsaturated/α-hetero) is 1. The molecule has 0 radical (unpaired) electrons. The Balaban J connectivity index is 3.99. The van der Waals surface area contributed by atoms with Gasteiger partial charge < -0.3 is 4.74 Å². The molecule has 0 N–H and O–H groups in total. The number of ether oxygens (including phenoxy) is 1. The molecule has 86 valence electrons. The molecule has 0 aliphatic heterocycles. The molecule has 1 unspecified atom stereocenters. The van der Waals surface area contributed by atoms with Crippen LogP contribution in [0.15, 0.2) is 11.6 Å². The maximum Gasteiger partial charge on any atom is 0.327 e. The van der Waals surface area contributed by atoms with Crippen molar-refractivity contribution in [3.63, 3.8) is 0 Å². The van der Waals surface area contributed by atoms with E-state index in [9.17, 15) is 9.59 Å². The molecule has 0 fully saturated rings. The third kappa shape index (κ3) is 6.44. The van der Waals surface area contributed by atoms with Crippen molar-refractivity contribution in [3.05, 3.63) is 11.6 Å². The Bertz CT molecular complexity index is 255. The standard InChI is InChI=1S/C11H17BrO3/c1-4-15-11(14)10(12)9(13)7-5-6-8(2)3/h6,10H,4-5,7H2,1-3H3. The van der Waals surface area contributed by atoms with Gasteiger partial charge in [0.25, 0.3) is 0 Å². The molecule has 15 heavy (non-hydrogen) atoms. The predicted octanol–water partition coefficient (Wildman–Crippen LogP) is 2.63. The van der Waals surface area contributed by atoms with Crippen molar-refractivity contribution in [2.24, 2.45) is 0 Å². The van der Waals surface area contributed by atoms with Crippen molar-refractivity contribution < 1.29 is 14.3 Å². The Labute approximate surface area is 99.0 Å². The molecule has 3 nitrogen and oxygen atoms in total. The SMILES string of the molecule is CCOC(=O)C(Br)C(=O)CCC=C(C)C. The zero-order valence-electron chi connectivity index (χ0n) is 9.38. The average Bonchev–Trinajstić information content (AvgIpc) is 2.16. The van der Waals surface area contributed by atoms with E-state index in [-0.39, 0.29) is 5.78 Å². The Morgan fingerprint density at radius 1 is 1.40 bits per heavy atom. The van der Waals surface area contributed by atoms with E-state index in [1.165, 1.54) is 5.57 Å². The second-order valence-corrected chi connectivity index (χ2v) is 4.32. The molecule has 0 aromatic carbocycles. The second kappa shape index (κ2) is 7.63. The number of halogens is 1. The molecule has 0 saturated carbocycles. The average molecular weight is 277 g/mol. The zero-order chi connectivity index (χ0) is 11.8. The van der Waals surface area contributed by atoms with Crippen molar-refractivity contribution in [1.29, 1.82) is 0 Å². The first-order chi connectivity index (χ1) is 6.99. The number of carbonyl (C=O) groups is 2. The molecule has 0 aromatic heterocycles. The molecule has 0 aromatic rings. The van der Waals surface area contributed by atoms with Gasteiger partial charge in [-0.1, -0.05) is 27.6 Å². The minimum absolute atomic E-state index is 0.133. The largest absolute Gasteiger partial charge is 0.465 e. The maximum atomic E-state index is 11.5. The molecule has 0 saturated heterocycles. The van der Waals surface area contributed by atoms with E-state index in [4.69, 9.17) is 4.74 Å². The molecule has 1 atom stereocenters. The highest BCUT2D eigenvalue weighted by atomic mass is 79.9. The Hall–Kier alpha value is -0.640. The van der Waals surface area contributed by atoms with Crippen LogP contribution in [0.25, 0.3) is 0 Å². The third-order valence-corrected chi connectivity index (χ3v) is 2.60. The van der Waals surface area contributed by atoms with Crippen LogP contribution in [0.5, 0.6) is 0 Å². The van der Waals surface area contributed by atoms with Crippen LogP contribution in [0.4, 0.5) is 0 Å². The summed E-state index contributed by atoms with van der Waals surface area (Å²) < 4.78 is 4.73. The minimum atomic E-state index is -0.817. The van der Waals surface area contributed by atoms with E-state index < -0.39 is 10.8 Å². The molecule has 0 amide bonds. The van der Waals surface area contributed by atoms with Gasteiger partial charge in [-0.25, -0.2) is 0 Å². The van der Waals surface area contributed by atoms with E-state index >= 15 is 0 Å². The quantitative estimate of drug-likeness (QED) is 0.324. The summed E-state index contributed by atoms with van der Waals surface area (Å²) in [6, 6.07) is 0. The van der Waals surface area contributed by atoms with Crippen molar-refractivity contribution in [3.8, 4) is 0 Å². The number of ketones is 1. The summed E-state index contributed by atoms with van der Waals surface area (Å²) >= 11 is 3.03. The number of carbonyl (C=O) groups excluding carboxylic acids is 2. The summed E-state index contributed by atoms with van der Waals surface area (Å²) in [5, 5.41) is 0. The summed E-state index contributed by atoms with van der Waals surface area (Å²) in [6.45, 7) is 5.95. The third-order valence-electron chi connectivity index (χ3n) is 1.72. The van der Waals surface area contributed by atoms with Gasteiger partial charge in [0.05, 0.1) is 6.61 Å². The molecule has 0 bridgehead atoms. The molecule has 4 heteroatoms. The molecule has 0 heterocycles. The fourth-order valence-electron chi connectivity index (χ4n) is 0.977. The van der Waals surface area contributed by atoms with Gasteiger partial charge in [0.15, 0.2) is 10.6 Å². The van der Waals surface area contributed by atoms with E-state index in [2.05, 4.69) is 15.9 Å². The first kappa shape index (κ1) is 14.4. The monoisotopic (exact) mass is 276 g/mol. The smallest absolute Gasteiger partial charge is 0.327 e. The fraction of sp³-hybridized carbons (Fsp3) is 0.636. The van der Waals surface area contributed by atoms with Gasteiger partial charge >= 0.3 is 5.97 Å². The van der Waals surface area contributed by atoms with E-state index in [0.717, 1.165) is 0 Å². The van der Waals surface area contributed by atoms with Crippen LogP contribution < -0.4 is 0 Å². The van der Waals surface area contributed by atoms with Crippen molar-refractivity contribution >= 4 is 27.7 Å². The first-order valence-electron chi connectivity index (χ1n) is 4.95. The van der Waals surface area contributed by atoms with Gasteiger partial charge in [-0.05, 0) is 27.2 Å². The highest BCUT2D eigenvalue weighted by molar-refractivity contribution is 9.10. The highest BCUT2D eigenvalue weighted by Crippen LogP contribution is 2.09. The van der Waals surface area contributed by atoms with Gasteiger partial charge in [0.1, 0.15) is 0 Å². The minimum Gasteiger partial charge on any atom is -0.465 e. The lowest BCUT2D eigenvalue weighted by Gasteiger charge is -2.06. The normalized spacial score (nSPS) is 11.7. The van der Waals surface area contributed by atoms with Gasteiger partial charge in [-0.2, -0.15) is 0 Å². The van der Waals surface area contributed by atoms with Gasteiger partial charge in [-0.3, -0.25) is 9.59 Å². The predicted molar refractivity (Wildman–Crippen MR) is 63.0 cm³/mol. The topological polar surface area (TPSA) is 43.4 Å². The molecule has 0 aliphatic rings. The molecular formula is C11H17BrO3. The summed E-state index contributed by atoms with van der Waals surface area (Å²) in [4.78, 5) is 21.8. The van der Waals surface area contributed by atoms with Crippen LogP contribution >= 0.6 is 15.9 Å². The van der Waals surface area contributed by atoms with Crippen molar-refractivity contribution in [1.82, 2.24) is 0 Å². The first-order valence-corrected chi connectivity index (χ1v) is 5.87. The number of allylic oxidation sites excluding steroid dienone is 2. The Kier molecular flexibility index (Phi) is 7.30. The van der Waals surface area contributed by atoms with Crippen molar-refractivity contribution in [2.75, 3.05) is 6.61 Å². The highest BCUT2D eigenvalue weighted by Gasteiger charge is 2.23. The van der Waals surface area contributed by atoms with Crippen LogP contribution in [-0.2, 0) is 14.3 Å². The maximum absolute atomic E-state index is 11.5. The van der Waals surface area contributed by atoms with Crippen LogP contribution in [0.3, 0.4) is 0 Å². The molecular weight excluding hydrogens is 260 g/mol. The van der Waals surface area contributed by atoms with Crippen LogP contribution in [0.2, 0.25) is 0 Å². The number of esters is 1. The Morgan fingerprint density at radius 3 is 2.47 bits per heavy atom. The van der Waals surface area contributed by atoms with Crippen LogP contribution in [-0.4, -0.2) is 23.2 Å². The second-order valence-electron chi connectivity index (χ2n) is 3.40. The van der Waals surface area contributed by atoms with Gasteiger partial charge in [-0.15, -0.1) is 0 Å². The van der Waals surface area contributed by atoms with Gasteiger partial charge in [0.2, 0.25) is 0 Å². The Morgan fingerprint density at radius 2 is 2.00 bits per heavy atom. The number of hydrogen-bond donors (Lipinski definition) is 0. The number of hydrogen-bond acceptors (Lipinski definition) is 3. The van der Waals surface area contributed by atoms with Crippen LogP contribution in [0.1, 0.15) is 33.6 Å². The van der Waals surface area contributed by atoms with E-state index in [0.29, 0.717) is 19.4 Å². The van der Waals surface area contributed by atoms with E-state index in [1.54, 1.807) is 6.92 Å². The summed E-state index contributed by atoms with van der Waals surface area (Å²) in [6.07, 6.45) is 3.01.